The molecule has 0 spiro atoms. The summed E-state index contributed by atoms with van der Waals surface area (Å²) in [5, 5.41) is 12.0. The molecule has 0 aliphatic heterocycles. The van der Waals surface area contributed by atoms with E-state index >= 15 is 0 Å². The minimum absolute atomic E-state index is 0.882. The molecule has 12 aromatic carbocycles. The fraction of sp³-hybridized carbons (Fsp3) is 0. The van der Waals surface area contributed by atoms with Gasteiger partial charge in [0, 0.05) is 55.0 Å². The van der Waals surface area contributed by atoms with Crippen LogP contribution in [0.25, 0.3) is 115 Å². The van der Waals surface area contributed by atoms with Crippen LogP contribution in [0.5, 0.6) is 0 Å². The molecule has 0 saturated carbocycles. The van der Waals surface area contributed by atoms with Crippen LogP contribution in [-0.2, 0) is 0 Å². The summed E-state index contributed by atoms with van der Waals surface area (Å²) in [7, 11) is 0. The number of hydrogen-bond acceptors (Lipinski definition) is 2. The number of fused-ring (bicyclic) bond motifs is 11. The van der Waals surface area contributed by atoms with Crippen LogP contribution in [0.15, 0.2) is 259 Å². The van der Waals surface area contributed by atoms with E-state index in [9.17, 15) is 0 Å². The van der Waals surface area contributed by atoms with Crippen LogP contribution in [-0.4, -0.2) is 4.57 Å². The normalized spacial score (nSPS) is 11.8. The van der Waals surface area contributed by atoms with E-state index in [0.717, 1.165) is 66.8 Å². The van der Waals surface area contributed by atoms with Gasteiger partial charge in [-0.15, -0.1) is 0 Å². The van der Waals surface area contributed by atoms with Crippen molar-refractivity contribution in [1.82, 2.24) is 4.57 Å². The van der Waals surface area contributed by atoms with Crippen molar-refractivity contribution < 1.29 is 4.42 Å². The van der Waals surface area contributed by atoms with Crippen LogP contribution in [0.2, 0.25) is 0 Å². The molecule has 0 saturated heterocycles. The van der Waals surface area contributed by atoms with Crippen LogP contribution < -0.4 is 4.90 Å². The highest BCUT2D eigenvalue weighted by Gasteiger charge is 2.22. The zero-order valence-electron chi connectivity index (χ0n) is 37.6. The Hall–Kier alpha value is -9.18. The quantitative estimate of drug-likeness (QED) is 0.149. The molecule has 0 aliphatic carbocycles. The smallest absolute Gasteiger partial charge is 0.143 e. The molecule has 0 unspecified atom stereocenters. The molecule has 3 heteroatoms. The van der Waals surface area contributed by atoms with Crippen molar-refractivity contribution in [3.63, 3.8) is 0 Å². The van der Waals surface area contributed by atoms with E-state index in [0.29, 0.717) is 0 Å². The number of nitrogens with zero attached hydrogens (tertiary/aromatic N) is 2. The highest BCUT2D eigenvalue weighted by Crippen LogP contribution is 2.46. The number of hydrogen-bond donors (Lipinski definition) is 0. The van der Waals surface area contributed by atoms with E-state index in [2.05, 4.69) is 264 Å². The van der Waals surface area contributed by atoms with Gasteiger partial charge in [-0.05, 0) is 98.2 Å². The maximum absolute atomic E-state index is 6.96. The van der Waals surface area contributed by atoms with Crippen molar-refractivity contribution >= 4 is 93.1 Å². The number of para-hydroxylation sites is 5. The van der Waals surface area contributed by atoms with Gasteiger partial charge < -0.3 is 13.9 Å². The number of anilines is 3. The first kappa shape index (κ1) is 39.0. The van der Waals surface area contributed by atoms with Crippen molar-refractivity contribution in [2.75, 3.05) is 4.90 Å². The Morgan fingerprint density at radius 2 is 0.754 bits per heavy atom. The van der Waals surface area contributed by atoms with Crippen molar-refractivity contribution in [3.05, 3.63) is 255 Å². The third-order valence-corrected chi connectivity index (χ3v) is 14.2. The fourth-order valence-electron chi connectivity index (χ4n) is 11.0. The van der Waals surface area contributed by atoms with Crippen LogP contribution in [0.4, 0.5) is 17.1 Å². The highest BCUT2D eigenvalue weighted by atomic mass is 16.3. The van der Waals surface area contributed by atoms with Crippen LogP contribution in [0.1, 0.15) is 0 Å². The first-order chi connectivity index (χ1) is 34.2. The van der Waals surface area contributed by atoms with Gasteiger partial charge in [0.05, 0.1) is 22.4 Å². The summed E-state index contributed by atoms with van der Waals surface area (Å²) in [5.41, 5.74) is 15.3. The summed E-state index contributed by atoms with van der Waals surface area (Å²) in [6.07, 6.45) is 0. The SMILES string of the molecule is c1ccc(N(c2ccc(-c3ccccc3-n3c4ccccc4c4ccccc43)cc2)c2ccc(-c3cccc4c3ccc3ccccc34)cc2)c(-c2cccc3c2oc2c4ccccc4ccc32)c1. The van der Waals surface area contributed by atoms with E-state index < -0.39 is 0 Å². The van der Waals surface area contributed by atoms with Gasteiger partial charge in [-0.2, -0.15) is 0 Å². The molecule has 322 valence electrons. The molecule has 0 N–H and O–H groups in total. The molecule has 69 heavy (non-hydrogen) atoms. The Labute approximate surface area is 399 Å². The first-order valence-electron chi connectivity index (χ1n) is 23.7. The summed E-state index contributed by atoms with van der Waals surface area (Å²) < 4.78 is 9.38. The van der Waals surface area contributed by atoms with Gasteiger partial charge >= 0.3 is 0 Å². The second-order valence-corrected chi connectivity index (χ2v) is 18.0. The summed E-state index contributed by atoms with van der Waals surface area (Å²) in [6, 6.07) is 92.4. The monoisotopic (exact) mass is 878 g/mol. The summed E-state index contributed by atoms with van der Waals surface area (Å²) >= 11 is 0. The predicted octanol–water partition coefficient (Wildman–Crippen LogP) is 18.6. The van der Waals surface area contributed by atoms with Gasteiger partial charge in [0.25, 0.3) is 0 Å². The Balaban J connectivity index is 0.934. The average molecular weight is 879 g/mol. The zero-order chi connectivity index (χ0) is 45.4. The predicted molar refractivity (Wildman–Crippen MR) is 292 cm³/mol. The average Bonchev–Trinajstić information content (AvgIpc) is 3.98. The van der Waals surface area contributed by atoms with Gasteiger partial charge in [0.15, 0.2) is 0 Å². The third kappa shape index (κ3) is 6.21. The lowest BCUT2D eigenvalue weighted by molar-refractivity contribution is 0.674. The maximum Gasteiger partial charge on any atom is 0.143 e. The molecule has 0 bridgehead atoms. The lowest BCUT2D eigenvalue weighted by Gasteiger charge is -2.28. The van der Waals surface area contributed by atoms with E-state index in [1.54, 1.807) is 0 Å². The lowest BCUT2D eigenvalue weighted by Crippen LogP contribution is -2.11. The largest absolute Gasteiger partial charge is 0.455 e. The second-order valence-electron chi connectivity index (χ2n) is 18.0. The molecule has 2 aromatic heterocycles. The molecule has 3 nitrogen and oxygen atoms in total. The lowest BCUT2D eigenvalue weighted by atomic mass is 9.94. The second kappa shape index (κ2) is 15.7. The molecule has 0 amide bonds. The number of rotatable bonds is 7. The van der Waals surface area contributed by atoms with E-state index in [1.807, 2.05) is 0 Å². The van der Waals surface area contributed by atoms with Crippen LogP contribution in [0.3, 0.4) is 0 Å². The Morgan fingerprint density at radius 3 is 1.46 bits per heavy atom. The summed E-state index contributed by atoms with van der Waals surface area (Å²) in [5.74, 6) is 0. The Kier molecular flexibility index (Phi) is 8.90. The minimum Gasteiger partial charge on any atom is -0.455 e. The Bertz CT molecular complexity index is 4260. The molecular weight excluding hydrogens is 837 g/mol. The standard InChI is InChI=1S/C66H42N2O/c1-3-17-49-43(15-1)35-41-54-50(23-13-24-53(49)54)45-31-37-47(38-32-45)67(62-28-10-8-22-57(62)58-25-14-26-59-60-42-36-44-16-2-4-19-52(44)65(60)69-66(58)59)48-39-33-46(34-40-48)51-18-5-9-27-61(51)68-63-29-11-6-20-55(63)56-21-7-12-30-64(56)68/h1-42H. The van der Waals surface area contributed by atoms with Crippen molar-refractivity contribution in [2.24, 2.45) is 0 Å². The van der Waals surface area contributed by atoms with E-state index in [1.165, 1.54) is 65.4 Å². The fourth-order valence-corrected chi connectivity index (χ4v) is 11.0. The number of benzene rings is 12. The molecule has 0 atom stereocenters. The van der Waals surface area contributed by atoms with Gasteiger partial charge in [-0.3, -0.25) is 0 Å². The van der Waals surface area contributed by atoms with Crippen molar-refractivity contribution in [3.8, 4) is 39.1 Å². The van der Waals surface area contributed by atoms with E-state index in [-0.39, 0.29) is 0 Å². The number of furan rings is 1. The third-order valence-electron chi connectivity index (χ3n) is 14.2. The molecule has 0 radical (unpaired) electrons. The number of aromatic nitrogens is 1. The van der Waals surface area contributed by atoms with Crippen molar-refractivity contribution in [1.29, 1.82) is 0 Å². The van der Waals surface area contributed by atoms with E-state index in [4.69, 9.17) is 4.42 Å². The van der Waals surface area contributed by atoms with Gasteiger partial charge in [-0.1, -0.05) is 200 Å². The maximum atomic E-state index is 6.96. The topological polar surface area (TPSA) is 21.3 Å². The molecule has 2 heterocycles. The van der Waals surface area contributed by atoms with Crippen molar-refractivity contribution in [2.45, 2.75) is 0 Å². The zero-order valence-corrected chi connectivity index (χ0v) is 37.6. The Morgan fingerprint density at radius 1 is 0.275 bits per heavy atom. The van der Waals surface area contributed by atoms with Gasteiger partial charge in [-0.25, -0.2) is 0 Å². The van der Waals surface area contributed by atoms with Crippen LogP contribution in [0, 0.1) is 0 Å². The molecule has 0 aliphatic rings. The minimum atomic E-state index is 0.882. The van der Waals surface area contributed by atoms with Gasteiger partial charge in [0.2, 0.25) is 0 Å². The van der Waals surface area contributed by atoms with Gasteiger partial charge in [0.1, 0.15) is 11.2 Å². The summed E-state index contributed by atoms with van der Waals surface area (Å²) in [6.45, 7) is 0. The molecule has 0 fully saturated rings. The molecule has 14 aromatic rings. The first-order valence-corrected chi connectivity index (χ1v) is 23.7. The molecular formula is C66H42N2O. The highest BCUT2D eigenvalue weighted by molar-refractivity contribution is 6.18. The molecule has 14 rings (SSSR count). The summed E-state index contributed by atoms with van der Waals surface area (Å²) in [4.78, 5) is 2.40. The van der Waals surface area contributed by atoms with Crippen LogP contribution >= 0.6 is 0 Å².